The normalized spacial score (nSPS) is 15.4. The van der Waals surface area contributed by atoms with Gasteiger partial charge < -0.3 is 14.8 Å². The Bertz CT molecular complexity index is 1210. The summed E-state index contributed by atoms with van der Waals surface area (Å²) < 4.78 is 39.1. The van der Waals surface area contributed by atoms with Gasteiger partial charge in [0, 0.05) is 5.69 Å². The maximum atomic E-state index is 13.4. The molecular weight excluding hydrogens is 428 g/mol. The van der Waals surface area contributed by atoms with Gasteiger partial charge in [0.25, 0.3) is 15.9 Å². The van der Waals surface area contributed by atoms with Crippen LogP contribution < -0.4 is 19.1 Å². The maximum absolute atomic E-state index is 13.4. The van der Waals surface area contributed by atoms with Crippen LogP contribution in [0.15, 0.2) is 77.7 Å². The monoisotopic (exact) mass is 452 g/mol. The number of amides is 1. The van der Waals surface area contributed by atoms with Gasteiger partial charge in [0.2, 0.25) is 0 Å². The highest BCUT2D eigenvalue weighted by molar-refractivity contribution is 7.92. The second-order valence-electron chi connectivity index (χ2n) is 7.33. The lowest BCUT2D eigenvalue weighted by atomic mass is 10.1. The molecule has 0 aromatic heterocycles. The summed E-state index contributed by atoms with van der Waals surface area (Å²) in [7, 11) is -2.42. The van der Waals surface area contributed by atoms with Crippen LogP contribution in [0.2, 0.25) is 0 Å². The number of nitrogens with zero attached hydrogens (tertiary/aromatic N) is 1. The van der Waals surface area contributed by atoms with Gasteiger partial charge in [-0.3, -0.25) is 9.10 Å². The van der Waals surface area contributed by atoms with Crippen LogP contribution in [0, 0.1) is 0 Å². The summed E-state index contributed by atoms with van der Waals surface area (Å²) >= 11 is 0. The molecule has 1 heterocycles. The summed E-state index contributed by atoms with van der Waals surface area (Å²) in [5.74, 6) is 0.466. The lowest BCUT2D eigenvalue weighted by Gasteiger charge is -2.34. The number of sulfonamides is 1. The van der Waals surface area contributed by atoms with E-state index < -0.39 is 22.0 Å². The summed E-state index contributed by atoms with van der Waals surface area (Å²) in [4.78, 5) is 13.1. The number of anilines is 2. The fourth-order valence-corrected chi connectivity index (χ4v) is 4.96. The van der Waals surface area contributed by atoms with Crippen molar-refractivity contribution in [1.29, 1.82) is 0 Å². The highest BCUT2D eigenvalue weighted by Gasteiger charge is 2.37. The van der Waals surface area contributed by atoms with E-state index in [1.807, 2.05) is 24.3 Å². The lowest BCUT2D eigenvalue weighted by Crippen LogP contribution is -2.48. The first-order chi connectivity index (χ1) is 15.4. The number of rotatable bonds is 6. The molecule has 8 heteroatoms. The molecule has 1 aliphatic rings. The van der Waals surface area contributed by atoms with Gasteiger partial charge >= 0.3 is 0 Å². The van der Waals surface area contributed by atoms with E-state index in [0.29, 0.717) is 22.9 Å². The van der Waals surface area contributed by atoms with Crippen LogP contribution in [0.5, 0.6) is 11.5 Å². The van der Waals surface area contributed by atoms with Crippen molar-refractivity contribution in [1.82, 2.24) is 0 Å². The Morgan fingerprint density at radius 3 is 2.41 bits per heavy atom. The molecule has 7 nitrogen and oxygen atoms in total. The number of hydrogen-bond donors (Lipinski definition) is 1. The first-order valence-corrected chi connectivity index (χ1v) is 11.7. The number of methoxy groups -OCH3 is 1. The number of nitrogens with one attached hydrogen (secondary N) is 1. The van der Waals surface area contributed by atoms with E-state index >= 15 is 0 Å². The molecule has 3 aromatic rings. The highest BCUT2D eigenvalue weighted by Crippen LogP contribution is 2.37. The van der Waals surface area contributed by atoms with E-state index in [2.05, 4.69) is 12.2 Å². The Kier molecular flexibility index (Phi) is 6.05. The van der Waals surface area contributed by atoms with E-state index in [4.69, 9.17) is 9.47 Å². The number of aryl methyl sites for hydroxylation is 1. The Hall–Kier alpha value is -3.52. The molecule has 0 unspecified atom stereocenters. The summed E-state index contributed by atoms with van der Waals surface area (Å²) in [6.45, 7) is 1.91. The Labute approximate surface area is 187 Å². The van der Waals surface area contributed by atoms with Crippen molar-refractivity contribution >= 4 is 27.3 Å². The predicted molar refractivity (Wildman–Crippen MR) is 123 cm³/mol. The molecule has 4 rings (SSSR count). The average molecular weight is 453 g/mol. The number of ether oxygens (including phenoxy) is 2. The van der Waals surface area contributed by atoms with Crippen molar-refractivity contribution in [2.75, 3.05) is 23.3 Å². The van der Waals surface area contributed by atoms with E-state index in [0.717, 1.165) is 12.0 Å². The molecule has 3 aromatic carbocycles. The Balaban J connectivity index is 1.62. The first kappa shape index (κ1) is 21.7. The second kappa shape index (κ2) is 8.92. The highest BCUT2D eigenvalue weighted by atomic mass is 32.2. The molecule has 0 saturated carbocycles. The molecule has 1 aliphatic heterocycles. The Morgan fingerprint density at radius 2 is 1.75 bits per heavy atom. The van der Waals surface area contributed by atoms with Gasteiger partial charge in [-0.1, -0.05) is 31.2 Å². The molecule has 0 fully saturated rings. The minimum absolute atomic E-state index is 0.101. The SMILES string of the molecule is CCc1ccc(NC(=O)[C@@H]2CN(S(=O)(=O)c3ccc(OC)cc3)c3ccccc3O2)cc1. The summed E-state index contributed by atoms with van der Waals surface area (Å²) in [5.41, 5.74) is 2.17. The van der Waals surface area contributed by atoms with Crippen molar-refractivity contribution in [3.05, 3.63) is 78.4 Å². The lowest BCUT2D eigenvalue weighted by molar-refractivity contribution is -0.122. The van der Waals surface area contributed by atoms with E-state index in [-0.39, 0.29) is 11.4 Å². The van der Waals surface area contributed by atoms with Crippen molar-refractivity contribution in [3.8, 4) is 11.5 Å². The van der Waals surface area contributed by atoms with Crippen LogP contribution in [0.25, 0.3) is 0 Å². The molecule has 0 bridgehead atoms. The second-order valence-corrected chi connectivity index (χ2v) is 9.19. The maximum Gasteiger partial charge on any atom is 0.267 e. The van der Waals surface area contributed by atoms with Crippen molar-refractivity contribution < 1.29 is 22.7 Å². The van der Waals surface area contributed by atoms with Gasteiger partial charge in [0.1, 0.15) is 11.5 Å². The smallest absolute Gasteiger partial charge is 0.267 e. The molecule has 1 atom stereocenters. The standard InChI is InChI=1S/C24H24N2O5S/c1-3-17-8-10-18(11-9-17)25-24(27)23-16-26(21-6-4-5-7-22(21)31-23)32(28,29)20-14-12-19(30-2)13-15-20/h4-15,23H,3,16H2,1-2H3,(H,25,27)/t23-/m0/s1. The minimum atomic E-state index is -3.93. The van der Waals surface area contributed by atoms with Gasteiger partial charge in [-0.2, -0.15) is 0 Å². The van der Waals surface area contributed by atoms with Crippen LogP contribution in [0.4, 0.5) is 11.4 Å². The van der Waals surface area contributed by atoms with E-state index in [1.54, 1.807) is 36.4 Å². The van der Waals surface area contributed by atoms with Crippen LogP contribution in [-0.4, -0.2) is 34.1 Å². The fraction of sp³-hybridized carbons (Fsp3) is 0.208. The zero-order valence-electron chi connectivity index (χ0n) is 17.8. The molecule has 0 aliphatic carbocycles. The molecular formula is C24H24N2O5S. The van der Waals surface area contributed by atoms with Crippen molar-refractivity contribution in [3.63, 3.8) is 0 Å². The molecule has 0 radical (unpaired) electrons. The van der Waals surface area contributed by atoms with Crippen LogP contribution in [-0.2, 0) is 21.2 Å². The molecule has 0 saturated heterocycles. The van der Waals surface area contributed by atoms with Gasteiger partial charge in [0.15, 0.2) is 6.10 Å². The largest absolute Gasteiger partial charge is 0.497 e. The third-order valence-electron chi connectivity index (χ3n) is 5.30. The van der Waals surface area contributed by atoms with Gasteiger partial charge in [-0.05, 0) is 60.5 Å². The quantitative estimate of drug-likeness (QED) is 0.614. The molecule has 166 valence electrons. The minimum Gasteiger partial charge on any atom is -0.497 e. The van der Waals surface area contributed by atoms with Crippen molar-refractivity contribution in [2.45, 2.75) is 24.3 Å². The summed E-state index contributed by atoms with van der Waals surface area (Å²) in [6.07, 6.45) is -0.113. The number of carbonyl (C=O) groups is 1. The fourth-order valence-electron chi connectivity index (χ4n) is 3.49. The number of carbonyl (C=O) groups excluding carboxylic acids is 1. The predicted octanol–water partition coefficient (Wildman–Crippen LogP) is 3.85. The molecule has 1 amide bonds. The topological polar surface area (TPSA) is 84.9 Å². The number of fused-ring (bicyclic) bond motifs is 1. The van der Waals surface area contributed by atoms with Crippen LogP contribution in [0.1, 0.15) is 12.5 Å². The number of hydrogen-bond acceptors (Lipinski definition) is 5. The van der Waals surface area contributed by atoms with Crippen LogP contribution in [0.3, 0.4) is 0 Å². The number of benzene rings is 3. The van der Waals surface area contributed by atoms with Crippen molar-refractivity contribution in [2.24, 2.45) is 0 Å². The molecule has 1 N–H and O–H groups in total. The van der Waals surface area contributed by atoms with Gasteiger partial charge in [-0.25, -0.2) is 8.42 Å². The van der Waals surface area contributed by atoms with E-state index in [1.165, 1.54) is 23.5 Å². The average Bonchev–Trinajstić information content (AvgIpc) is 2.83. The third-order valence-corrected chi connectivity index (χ3v) is 7.10. The third kappa shape index (κ3) is 4.27. The van der Waals surface area contributed by atoms with E-state index in [9.17, 15) is 13.2 Å². The van der Waals surface area contributed by atoms with Gasteiger partial charge in [0.05, 0.1) is 24.2 Å². The number of para-hydroxylation sites is 2. The van der Waals surface area contributed by atoms with Crippen LogP contribution >= 0.6 is 0 Å². The first-order valence-electron chi connectivity index (χ1n) is 10.2. The Morgan fingerprint density at radius 1 is 1.06 bits per heavy atom. The molecule has 32 heavy (non-hydrogen) atoms. The summed E-state index contributed by atoms with van der Waals surface area (Å²) in [5, 5.41) is 2.82. The van der Waals surface area contributed by atoms with Gasteiger partial charge in [-0.15, -0.1) is 0 Å². The zero-order valence-corrected chi connectivity index (χ0v) is 18.6. The zero-order chi connectivity index (χ0) is 22.7. The summed E-state index contributed by atoms with van der Waals surface area (Å²) in [6, 6.07) is 20.4. The molecule has 0 spiro atoms.